The molecular formula is C7H11NO2. The second-order valence-corrected chi connectivity index (χ2v) is 3.17. The molecule has 1 saturated heterocycles. The molecule has 0 spiro atoms. The second-order valence-electron chi connectivity index (χ2n) is 3.17. The minimum atomic E-state index is 0.193. The van der Waals surface area contributed by atoms with E-state index in [0.29, 0.717) is 6.61 Å². The Hall–Kier alpha value is -0.570. The highest BCUT2D eigenvalue weighted by atomic mass is 16.6. The molecule has 0 aliphatic carbocycles. The molecule has 0 aromatic carbocycles. The fourth-order valence-electron chi connectivity index (χ4n) is 1.33. The molecule has 0 aromatic rings. The lowest BCUT2D eigenvalue weighted by Crippen LogP contribution is -2.36. The van der Waals surface area contributed by atoms with Gasteiger partial charge in [0.15, 0.2) is 0 Å². The van der Waals surface area contributed by atoms with E-state index >= 15 is 0 Å². The minimum Gasteiger partial charge on any atom is -0.395 e. The van der Waals surface area contributed by atoms with Crippen LogP contribution in [-0.4, -0.2) is 25.5 Å². The summed E-state index contributed by atoms with van der Waals surface area (Å²) in [7, 11) is 0. The predicted octanol–water partition coefficient (Wildman–Crippen LogP) is 0.799. The fraction of sp³-hybridized carbons (Fsp3) is 0.857. The second kappa shape index (κ2) is 1.95. The van der Waals surface area contributed by atoms with E-state index in [9.17, 15) is 0 Å². The Labute approximate surface area is 60.0 Å². The molecule has 10 heavy (non-hydrogen) atoms. The van der Waals surface area contributed by atoms with Gasteiger partial charge in [-0.2, -0.15) is 0 Å². The molecule has 2 rings (SSSR count). The van der Waals surface area contributed by atoms with E-state index in [4.69, 9.17) is 9.57 Å². The molecule has 3 nitrogen and oxygen atoms in total. The summed E-state index contributed by atoms with van der Waals surface area (Å²) < 4.78 is 5.24. The smallest absolute Gasteiger partial charge is 0.128 e. The van der Waals surface area contributed by atoms with Gasteiger partial charge in [0.1, 0.15) is 6.61 Å². The molecule has 2 heterocycles. The van der Waals surface area contributed by atoms with Gasteiger partial charge in [-0.05, 0) is 6.42 Å². The van der Waals surface area contributed by atoms with Crippen molar-refractivity contribution in [3.8, 4) is 0 Å². The van der Waals surface area contributed by atoms with Gasteiger partial charge in [-0.3, -0.25) is 0 Å². The molecule has 0 amide bonds. The zero-order valence-corrected chi connectivity index (χ0v) is 6.09. The van der Waals surface area contributed by atoms with Crippen LogP contribution in [0.5, 0.6) is 0 Å². The third-order valence-electron chi connectivity index (χ3n) is 2.29. The highest BCUT2D eigenvalue weighted by Crippen LogP contribution is 2.31. The van der Waals surface area contributed by atoms with Gasteiger partial charge in [0.05, 0.1) is 17.7 Å². The maximum absolute atomic E-state index is 5.24. The van der Waals surface area contributed by atoms with Crippen molar-refractivity contribution in [2.45, 2.75) is 13.3 Å². The average Bonchev–Trinajstić information content (AvgIpc) is 2.29. The first-order valence-corrected chi connectivity index (χ1v) is 3.58. The van der Waals surface area contributed by atoms with Crippen molar-refractivity contribution in [2.24, 2.45) is 10.6 Å². The molecule has 3 heteroatoms. The van der Waals surface area contributed by atoms with Crippen LogP contribution in [0.2, 0.25) is 0 Å². The number of nitrogens with zero attached hydrogens (tertiary/aromatic N) is 1. The number of oxime groups is 1. The third-order valence-corrected chi connectivity index (χ3v) is 2.29. The van der Waals surface area contributed by atoms with Crippen LogP contribution in [0, 0.1) is 5.41 Å². The first kappa shape index (κ1) is 6.16. The average molecular weight is 141 g/mol. The molecule has 2 aliphatic rings. The first-order valence-electron chi connectivity index (χ1n) is 3.58. The molecule has 2 aliphatic heterocycles. The Morgan fingerprint density at radius 1 is 1.60 bits per heavy atom. The van der Waals surface area contributed by atoms with Crippen molar-refractivity contribution in [3.05, 3.63) is 0 Å². The van der Waals surface area contributed by atoms with Crippen LogP contribution in [-0.2, 0) is 9.57 Å². The minimum absolute atomic E-state index is 0.193. The SMILES string of the molecule is C[C@@]12CCOCC1=NOC2. The largest absolute Gasteiger partial charge is 0.395 e. The van der Waals surface area contributed by atoms with Gasteiger partial charge in [-0.15, -0.1) is 0 Å². The van der Waals surface area contributed by atoms with Crippen LogP contribution in [0.3, 0.4) is 0 Å². The Morgan fingerprint density at radius 3 is 3.30 bits per heavy atom. The zero-order valence-electron chi connectivity index (χ0n) is 6.09. The van der Waals surface area contributed by atoms with Gasteiger partial charge < -0.3 is 9.57 Å². The Morgan fingerprint density at radius 2 is 2.50 bits per heavy atom. The normalized spacial score (nSPS) is 38.3. The van der Waals surface area contributed by atoms with Crippen LogP contribution < -0.4 is 0 Å². The topological polar surface area (TPSA) is 30.8 Å². The maximum atomic E-state index is 5.24. The molecular weight excluding hydrogens is 130 g/mol. The maximum Gasteiger partial charge on any atom is 0.128 e. The van der Waals surface area contributed by atoms with Crippen molar-refractivity contribution >= 4 is 5.71 Å². The van der Waals surface area contributed by atoms with Gasteiger partial charge in [0, 0.05) is 6.61 Å². The van der Waals surface area contributed by atoms with Crippen molar-refractivity contribution in [1.29, 1.82) is 0 Å². The molecule has 0 unspecified atom stereocenters. The summed E-state index contributed by atoms with van der Waals surface area (Å²) in [5.74, 6) is 0. The number of fused-ring (bicyclic) bond motifs is 1. The molecule has 0 radical (unpaired) electrons. The van der Waals surface area contributed by atoms with E-state index in [0.717, 1.165) is 25.3 Å². The van der Waals surface area contributed by atoms with Crippen molar-refractivity contribution in [3.63, 3.8) is 0 Å². The standard InChI is InChI=1S/C7H11NO2/c1-7-2-3-9-4-6(7)8-10-5-7/h2-5H2,1H3/t7-/m0/s1. The van der Waals surface area contributed by atoms with Gasteiger partial charge in [0.2, 0.25) is 0 Å². The summed E-state index contributed by atoms with van der Waals surface area (Å²) in [5, 5.41) is 3.92. The molecule has 0 N–H and O–H groups in total. The van der Waals surface area contributed by atoms with Crippen LogP contribution in [0.4, 0.5) is 0 Å². The Kier molecular flexibility index (Phi) is 1.20. The molecule has 0 aromatic heterocycles. The van der Waals surface area contributed by atoms with Gasteiger partial charge in [-0.1, -0.05) is 12.1 Å². The predicted molar refractivity (Wildman–Crippen MR) is 36.9 cm³/mol. The first-order chi connectivity index (χ1) is 4.81. The lowest BCUT2D eigenvalue weighted by atomic mass is 9.82. The quantitative estimate of drug-likeness (QED) is 0.499. The Bertz CT molecular complexity index is 178. The van der Waals surface area contributed by atoms with Crippen molar-refractivity contribution in [1.82, 2.24) is 0 Å². The monoisotopic (exact) mass is 141 g/mol. The summed E-state index contributed by atoms with van der Waals surface area (Å²) in [6.07, 6.45) is 1.05. The molecule has 1 fully saturated rings. The summed E-state index contributed by atoms with van der Waals surface area (Å²) in [6.45, 7) is 4.43. The number of ether oxygens (including phenoxy) is 1. The van der Waals surface area contributed by atoms with Crippen LogP contribution >= 0.6 is 0 Å². The summed E-state index contributed by atoms with van der Waals surface area (Å²) in [5.41, 5.74) is 1.27. The lowest BCUT2D eigenvalue weighted by Gasteiger charge is -2.27. The van der Waals surface area contributed by atoms with E-state index in [1.807, 2.05) is 0 Å². The van der Waals surface area contributed by atoms with Crippen LogP contribution in [0.1, 0.15) is 13.3 Å². The fourth-order valence-corrected chi connectivity index (χ4v) is 1.33. The number of rotatable bonds is 0. The molecule has 0 saturated carbocycles. The summed E-state index contributed by atoms with van der Waals surface area (Å²) in [6, 6.07) is 0. The lowest BCUT2D eigenvalue weighted by molar-refractivity contribution is 0.0818. The highest BCUT2D eigenvalue weighted by Gasteiger charge is 2.38. The summed E-state index contributed by atoms with van der Waals surface area (Å²) >= 11 is 0. The molecule has 56 valence electrons. The van der Waals surface area contributed by atoms with Crippen molar-refractivity contribution < 1.29 is 9.57 Å². The van der Waals surface area contributed by atoms with E-state index < -0.39 is 0 Å². The van der Waals surface area contributed by atoms with E-state index in [1.54, 1.807) is 0 Å². The van der Waals surface area contributed by atoms with Crippen molar-refractivity contribution in [2.75, 3.05) is 19.8 Å². The molecule has 0 bridgehead atoms. The van der Waals surface area contributed by atoms with Gasteiger partial charge in [-0.25, -0.2) is 0 Å². The number of hydrogen-bond acceptors (Lipinski definition) is 3. The third kappa shape index (κ3) is 0.736. The Balaban J connectivity index is 2.22. The highest BCUT2D eigenvalue weighted by molar-refractivity contribution is 5.92. The number of hydrogen-bond donors (Lipinski definition) is 0. The van der Waals surface area contributed by atoms with E-state index in [2.05, 4.69) is 12.1 Å². The van der Waals surface area contributed by atoms with E-state index in [-0.39, 0.29) is 5.41 Å². The summed E-state index contributed by atoms with van der Waals surface area (Å²) in [4.78, 5) is 5.00. The van der Waals surface area contributed by atoms with E-state index in [1.165, 1.54) is 0 Å². The molecule has 1 atom stereocenters. The van der Waals surface area contributed by atoms with Gasteiger partial charge >= 0.3 is 0 Å². The van der Waals surface area contributed by atoms with Gasteiger partial charge in [0.25, 0.3) is 0 Å². The zero-order chi connectivity index (χ0) is 7.03. The van der Waals surface area contributed by atoms with Crippen LogP contribution in [0.15, 0.2) is 5.16 Å². The van der Waals surface area contributed by atoms with Crippen LogP contribution in [0.25, 0.3) is 0 Å².